The maximum Gasteiger partial charge on any atom is 0.303 e. The fraction of sp³-hybridized carbons (Fsp3) is 0.600. The summed E-state index contributed by atoms with van der Waals surface area (Å²) in [6, 6.07) is 0. The SMILES string of the molecule is CC(=O)O[C@@H]1[C@H](OC(C)=O)[C@@H](Br)C(Br)=C[C@H]1Br. The molecule has 7 heteroatoms. The fourth-order valence-corrected chi connectivity index (χ4v) is 3.64. The van der Waals surface area contributed by atoms with Crippen molar-refractivity contribution in [2.45, 2.75) is 35.7 Å². The molecular formula is C10H11Br3O4. The smallest absolute Gasteiger partial charge is 0.303 e. The van der Waals surface area contributed by atoms with Gasteiger partial charge in [0.1, 0.15) is 0 Å². The van der Waals surface area contributed by atoms with Crippen molar-refractivity contribution in [3.05, 3.63) is 10.6 Å². The van der Waals surface area contributed by atoms with Crippen LogP contribution < -0.4 is 0 Å². The van der Waals surface area contributed by atoms with Crippen LogP contribution in [0.1, 0.15) is 13.8 Å². The third kappa shape index (κ3) is 4.06. The Balaban J connectivity index is 2.95. The molecule has 0 radical (unpaired) electrons. The van der Waals surface area contributed by atoms with E-state index in [0.29, 0.717) is 0 Å². The molecular weight excluding hydrogens is 424 g/mol. The average Bonchev–Trinajstić information content (AvgIpc) is 2.19. The summed E-state index contributed by atoms with van der Waals surface area (Å²) in [6.07, 6.45) is 0.731. The molecule has 1 rings (SSSR count). The maximum absolute atomic E-state index is 11.1. The fourth-order valence-electron chi connectivity index (χ4n) is 1.49. The highest BCUT2D eigenvalue weighted by molar-refractivity contribution is 9.14. The van der Waals surface area contributed by atoms with E-state index in [-0.39, 0.29) is 9.65 Å². The number of hydrogen-bond donors (Lipinski definition) is 0. The third-order valence-corrected chi connectivity index (χ3v) is 5.28. The zero-order valence-electron chi connectivity index (χ0n) is 9.15. The Morgan fingerprint density at radius 2 is 1.59 bits per heavy atom. The van der Waals surface area contributed by atoms with Crippen molar-refractivity contribution < 1.29 is 19.1 Å². The quantitative estimate of drug-likeness (QED) is 0.495. The Hall–Kier alpha value is 0.120. The van der Waals surface area contributed by atoms with Gasteiger partial charge >= 0.3 is 11.9 Å². The first-order valence-electron chi connectivity index (χ1n) is 4.82. The summed E-state index contributed by atoms with van der Waals surface area (Å²) in [5.41, 5.74) is 0. The lowest BCUT2D eigenvalue weighted by atomic mass is 10.0. The number of carbonyl (C=O) groups excluding carboxylic acids is 2. The molecule has 17 heavy (non-hydrogen) atoms. The number of ether oxygens (including phenoxy) is 2. The highest BCUT2D eigenvalue weighted by Gasteiger charge is 2.42. The van der Waals surface area contributed by atoms with Gasteiger partial charge in [0.15, 0.2) is 12.2 Å². The van der Waals surface area contributed by atoms with Crippen LogP contribution in [0.5, 0.6) is 0 Å². The first-order valence-corrected chi connectivity index (χ1v) is 7.45. The highest BCUT2D eigenvalue weighted by atomic mass is 79.9. The van der Waals surface area contributed by atoms with E-state index in [1.165, 1.54) is 13.8 Å². The molecule has 1 aliphatic rings. The lowest BCUT2D eigenvalue weighted by molar-refractivity contribution is -0.164. The van der Waals surface area contributed by atoms with Crippen LogP contribution in [0.2, 0.25) is 0 Å². The molecule has 0 spiro atoms. The minimum absolute atomic E-state index is 0.209. The minimum atomic E-state index is -0.569. The van der Waals surface area contributed by atoms with Crippen LogP contribution in [0.25, 0.3) is 0 Å². The van der Waals surface area contributed by atoms with E-state index in [9.17, 15) is 9.59 Å². The molecule has 1 aliphatic carbocycles. The van der Waals surface area contributed by atoms with Crippen LogP contribution in [-0.2, 0) is 19.1 Å². The Bertz CT molecular complexity index is 355. The molecule has 4 atom stereocenters. The van der Waals surface area contributed by atoms with Gasteiger partial charge in [-0.1, -0.05) is 53.9 Å². The van der Waals surface area contributed by atoms with Gasteiger partial charge in [0.2, 0.25) is 0 Å². The second-order valence-corrected chi connectivity index (χ2v) is 6.51. The van der Waals surface area contributed by atoms with E-state index in [1.54, 1.807) is 0 Å². The van der Waals surface area contributed by atoms with Gasteiger partial charge in [-0.25, -0.2) is 0 Å². The Labute approximate surface area is 124 Å². The summed E-state index contributed by atoms with van der Waals surface area (Å²) >= 11 is 10.2. The summed E-state index contributed by atoms with van der Waals surface area (Å²) in [4.78, 5) is 21.7. The van der Waals surface area contributed by atoms with Crippen LogP contribution in [0.3, 0.4) is 0 Å². The predicted molar refractivity (Wildman–Crippen MR) is 73.5 cm³/mol. The zero-order valence-corrected chi connectivity index (χ0v) is 13.9. The summed E-state index contributed by atoms with van der Waals surface area (Å²) in [5.74, 6) is -0.832. The van der Waals surface area contributed by atoms with Crippen LogP contribution in [0.4, 0.5) is 0 Å². The lowest BCUT2D eigenvalue weighted by Gasteiger charge is -2.35. The highest BCUT2D eigenvalue weighted by Crippen LogP contribution is 2.36. The van der Waals surface area contributed by atoms with E-state index in [2.05, 4.69) is 47.8 Å². The van der Waals surface area contributed by atoms with Gasteiger partial charge < -0.3 is 9.47 Å². The van der Waals surface area contributed by atoms with Crippen molar-refractivity contribution in [1.82, 2.24) is 0 Å². The van der Waals surface area contributed by atoms with Crippen molar-refractivity contribution >= 4 is 59.7 Å². The van der Waals surface area contributed by atoms with Crippen molar-refractivity contribution in [2.24, 2.45) is 0 Å². The van der Waals surface area contributed by atoms with E-state index >= 15 is 0 Å². The molecule has 0 N–H and O–H groups in total. The van der Waals surface area contributed by atoms with Gasteiger partial charge in [0.05, 0.1) is 9.65 Å². The maximum atomic E-state index is 11.1. The first kappa shape index (κ1) is 15.2. The molecule has 4 nitrogen and oxygen atoms in total. The predicted octanol–water partition coefficient (Wildman–Crippen LogP) is 2.67. The van der Waals surface area contributed by atoms with Gasteiger partial charge in [0, 0.05) is 18.3 Å². The van der Waals surface area contributed by atoms with Crippen LogP contribution in [0, 0.1) is 0 Å². The monoisotopic (exact) mass is 432 g/mol. The van der Waals surface area contributed by atoms with Crippen molar-refractivity contribution in [3.63, 3.8) is 0 Å². The van der Waals surface area contributed by atoms with E-state index in [0.717, 1.165) is 4.48 Å². The molecule has 0 aliphatic heterocycles. The van der Waals surface area contributed by atoms with E-state index in [1.807, 2.05) is 6.08 Å². The Morgan fingerprint density at radius 1 is 1.12 bits per heavy atom. The number of rotatable bonds is 2. The average molecular weight is 435 g/mol. The van der Waals surface area contributed by atoms with Crippen LogP contribution >= 0.6 is 47.8 Å². The number of carbonyl (C=O) groups is 2. The van der Waals surface area contributed by atoms with Gasteiger partial charge in [-0.3, -0.25) is 9.59 Å². The van der Waals surface area contributed by atoms with Gasteiger partial charge in [-0.15, -0.1) is 0 Å². The van der Waals surface area contributed by atoms with E-state index in [4.69, 9.17) is 9.47 Å². The third-order valence-electron chi connectivity index (χ3n) is 2.11. The number of esters is 2. The topological polar surface area (TPSA) is 52.6 Å². The first-order chi connectivity index (χ1) is 7.82. The summed E-state index contributed by atoms with van der Waals surface area (Å²) in [7, 11) is 0. The normalized spacial score (nSPS) is 32.6. The summed E-state index contributed by atoms with van der Waals surface area (Å²) in [5, 5.41) is 0. The largest absolute Gasteiger partial charge is 0.457 e. The molecule has 0 saturated heterocycles. The molecule has 0 aromatic rings. The van der Waals surface area contributed by atoms with Crippen molar-refractivity contribution in [3.8, 4) is 0 Å². The molecule has 0 saturated carbocycles. The molecule has 0 bridgehead atoms. The second-order valence-electron chi connectivity index (χ2n) is 3.55. The van der Waals surface area contributed by atoms with Crippen molar-refractivity contribution in [1.29, 1.82) is 0 Å². The number of hydrogen-bond acceptors (Lipinski definition) is 4. The van der Waals surface area contributed by atoms with Gasteiger partial charge in [0.25, 0.3) is 0 Å². The standard InChI is InChI=1S/C10H11Br3O4/c1-4(14)16-9-7(12)3-6(11)8(13)10(9)17-5(2)15/h3,7-10H,1-2H3/t7-,8+,9+,10-/m1/s1. The molecule has 0 aromatic heterocycles. The molecule has 0 unspecified atom stereocenters. The molecule has 0 amide bonds. The Morgan fingerprint density at radius 3 is 2.06 bits per heavy atom. The van der Waals surface area contributed by atoms with Gasteiger partial charge in [-0.2, -0.15) is 0 Å². The lowest BCUT2D eigenvalue weighted by Crippen LogP contribution is -2.48. The molecule has 96 valence electrons. The van der Waals surface area contributed by atoms with Crippen LogP contribution in [-0.4, -0.2) is 33.8 Å². The Kier molecular flexibility index (Phi) is 5.66. The number of halogens is 3. The van der Waals surface area contributed by atoms with E-state index < -0.39 is 24.1 Å². The zero-order chi connectivity index (χ0) is 13.2. The second kappa shape index (κ2) is 6.33. The van der Waals surface area contributed by atoms with Gasteiger partial charge in [-0.05, 0) is 0 Å². The number of alkyl halides is 2. The van der Waals surface area contributed by atoms with Crippen LogP contribution in [0.15, 0.2) is 10.6 Å². The summed E-state index contributed by atoms with van der Waals surface area (Å²) < 4.78 is 11.2. The van der Waals surface area contributed by atoms with Crippen molar-refractivity contribution in [2.75, 3.05) is 0 Å². The molecule has 0 aromatic carbocycles. The molecule has 0 fully saturated rings. The summed E-state index contributed by atoms with van der Waals surface area (Å²) in [6.45, 7) is 2.64. The molecule has 0 heterocycles. The minimum Gasteiger partial charge on any atom is -0.457 e.